The van der Waals surface area contributed by atoms with Crippen molar-refractivity contribution in [2.24, 2.45) is 5.92 Å². The van der Waals surface area contributed by atoms with Gasteiger partial charge in [-0.05, 0) is 31.4 Å². The number of nitrogens with one attached hydrogen (secondary N) is 1. The minimum Gasteiger partial charge on any atom is -0.495 e. The minimum atomic E-state index is -0.504. The van der Waals surface area contributed by atoms with Gasteiger partial charge in [-0.1, -0.05) is 25.0 Å². The maximum atomic E-state index is 9.33. The van der Waals surface area contributed by atoms with E-state index in [1.165, 1.54) is 12.8 Å². The van der Waals surface area contributed by atoms with Crippen molar-refractivity contribution < 1.29 is 4.74 Å². The third kappa shape index (κ3) is 2.91. The smallest absolute Gasteiger partial charge is 0.141 e. The van der Waals surface area contributed by atoms with E-state index in [4.69, 9.17) is 4.74 Å². The summed E-state index contributed by atoms with van der Waals surface area (Å²) in [6, 6.07) is 10.1. The number of hydrogen-bond donors (Lipinski definition) is 1. The Labute approximate surface area is 102 Å². The molecule has 1 aromatic carbocycles. The van der Waals surface area contributed by atoms with E-state index < -0.39 is 5.54 Å². The number of nitrogens with zero attached hydrogens (tertiary/aromatic N) is 1. The highest BCUT2D eigenvalue weighted by atomic mass is 16.5. The Balaban J connectivity index is 2.14. The van der Waals surface area contributed by atoms with Gasteiger partial charge >= 0.3 is 0 Å². The van der Waals surface area contributed by atoms with Crippen molar-refractivity contribution in [2.75, 3.05) is 12.4 Å². The predicted octanol–water partition coefficient (Wildman–Crippen LogP) is 3.19. The summed E-state index contributed by atoms with van der Waals surface area (Å²) in [5, 5.41) is 12.6. The van der Waals surface area contributed by atoms with Gasteiger partial charge in [0.05, 0.1) is 18.9 Å². The molecule has 1 aliphatic carbocycles. The van der Waals surface area contributed by atoms with Crippen molar-refractivity contribution in [3.63, 3.8) is 0 Å². The third-order valence-corrected chi connectivity index (χ3v) is 3.16. The molecule has 1 atom stereocenters. The quantitative estimate of drug-likeness (QED) is 0.844. The summed E-state index contributed by atoms with van der Waals surface area (Å²) in [5.41, 5.74) is 0.384. The zero-order valence-corrected chi connectivity index (χ0v) is 10.4. The van der Waals surface area contributed by atoms with Crippen LogP contribution in [-0.4, -0.2) is 12.6 Å². The molecule has 3 heteroatoms. The molecule has 0 saturated heterocycles. The number of methoxy groups -OCH3 is 1. The summed E-state index contributed by atoms with van der Waals surface area (Å²) in [5.74, 6) is 1.49. The SMILES string of the molecule is COc1ccccc1NC(C)(C#N)CC1CC1. The minimum absolute atomic E-state index is 0.504. The van der Waals surface area contributed by atoms with Crippen LogP contribution in [0, 0.1) is 17.2 Å². The first-order valence-electron chi connectivity index (χ1n) is 5.99. The Hall–Kier alpha value is -1.69. The van der Waals surface area contributed by atoms with Gasteiger partial charge < -0.3 is 10.1 Å². The molecule has 1 aromatic rings. The summed E-state index contributed by atoms with van der Waals surface area (Å²) in [7, 11) is 1.64. The van der Waals surface area contributed by atoms with Gasteiger partial charge in [0, 0.05) is 0 Å². The number of nitriles is 1. The fourth-order valence-corrected chi connectivity index (χ4v) is 2.07. The first-order valence-corrected chi connectivity index (χ1v) is 5.99. The average molecular weight is 230 g/mol. The van der Waals surface area contributed by atoms with Gasteiger partial charge in [-0.2, -0.15) is 5.26 Å². The van der Waals surface area contributed by atoms with Gasteiger partial charge in [0.1, 0.15) is 11.3 Å². The van der Waals surface area contributed by atoms with Crippen LogP contribution in [0.5, 0.6) is 5.75 Å². The van der Waals surface area contributed by atoms with Gasteiger partial charge in [-0.3, -0.25) is 0 Å². The van der Waals surface area contributed by atoms with Crippen molar-refractivity contribution in [1.82, 2.24) is 0 Å². The highest BCUT2D eigenvalue weighted by Gasteiger charge is 2.33. The maximum absolute atomic E-state index is 9.33. The van der Waals surface area contributed by atoms with Crippen molar-refractivity contribution in [1.29, 1.82) is 5.26 Å². The van der Waals surface area contributed by atoms with Crippen LogP contribution < -0.4 is 10.1 Å². The van der Waals surface area contributed by atoms with Crippen LogP contribution in [0.4, 0.5) is 5.69 Å². The van der Waals surface area contributed by atoms with Gasteiger partial charge in [-0.25, -0.2) is 0 Å². The highest BCUT2D eigenvalue weighted by Crippen LogP contribution is 2.38. The molecule has 1 saturated carbocycles. The second-order valence-electron chi connectivity index (χ2n) is 4.92. The molecule has 1 aliphatic rings. The molecule has 1 fully saturated rings. The molecule has 0 heterocycles. The molecule has 2 rings (SSSR count). The van der Waals surface area contributed by atoms with E-state index in [1.807, 2.05) is 31.2 Å². The lowest BCUT2D eigenvalue weighted by Gasteiger charge is -2.25. The Bertz CT molecular complexity index is 434. The molecule has 1 N–H and O–H groups in total. The Kier molecular flexibility index (Phi) is 3.23. The van der Waals surface area contributed by atoms with Crippen molar-refractivity contribution in [3.8, 4) is 11.8 Å². The molecule has 0 aromatic heterocycles. The number of hydrogen-bond acceptors (Lipinski definition) is 3. The van der Waals surface area contributed by atoms with Crippen LogP contribution in [0.25, 0.3) is 0 Å². The van der Waals surface area contributed by atoms with Gasteiger partial charge in [0.15, 0.2) is 0 Å². The molecule has 0 radical (unpaired) electrons. The van der Waals surface area contributed by atoms with Crippen molar-refractivity contribution in [2.45, 2.75) is 31.7 Å². The summed E-state index contributed by atoms with van der Waals surface area (Å²) in [6.45, 7) is 1.96. The fraction of sp³-hybridized carbons (Fsp3) is 0.500. The van der Waals surface area contributed by atoms with Gasteiger partial charge in [0.25, 0.3) is 0 Å². The molecular weight excluding hydrogens is 212 g/mol. The van der Waals surface area contributed by atoms with Gasteiger partial charge in [-0.15, -0.1) is 0 Å². The fourth-order valence-electron chi connectivity index (χ4n) is 2.07. The molecule has 0 bridgehead atoms. The monoisotopic (exact) mass is 230 g/mol. The molecule has 0 amide bonds. The van der Waals surface area contributed by atoms with E-state index in [0.717, 1.165) is 17.9 Å². The molecule has 0 aliphatic heterocycles. The van der Waals surface area contributed by atoms with E-state index in [2.05, 4.69) is 11.4 Å². The first kappa shape index (κ1) is 11.8. The van der Waals surface area contributed by atoms with Gasteiger partial charge in [0.2, 0.25) is 0 Å². The molecular formula is C14H18N2O. The zero-order chi connectivity index (χ0) is 12.3. The number of ether oxygens (including phenoxy) is 1. The number of para-hydroxylation sites is 2. The zero-order valence-electron chi connectivity index (χ0n) is 10.4. The normalized spacial score (nSPS) is 17.9. The Morgan fingerprint density at radius 3 is 2.76 bits per heavy atom. The standard InChI is InChI=1S/C14H18N2O/c1-14(10-15,9-11-7-8-11)16-12-5-3-4-6-13(12)17-2/h3-6,11,16H,7-9H2,1-2H3. The van der Waals surface area contributed by atoms with E-state index in [0.29, 0.717) is 5.92 Å². The van der Waals surface area contributed by atoms with E-state index in [1.54, 1.807) is 7.11 Å². The van der Waals surface area contributed by atoms with E-state index in [9.17, 15) is 5.26 Å². The van der Waals surface area contributed by atoms with Crippen molar-refractivity contribution in [3.05, 3.63) is 24.3 Å². The number of rotatable bonds is 5. The van der Waals surface area contributed by atoms with Crippen LogP contribution in [0.1, 0.15) is 26.2 Å². The third-order valence-electron chi connectivity index (χ3n) is 3.16. The summed E-state index contributed by atoms with van der Waals surface area (Å²) in [4.78, 5) is 0. The van der Waals surface area contributed by atoms with Crippen LogP contribution in [0.15, 0.2) is 24.3 Å². The first-order chi connectivity index (χ1) is 8.17. The maximum Gasteiger partial charge on any atom is 0.141 e. The molecule has 0 spiro atoms. The van der Waals surface area contributed by atoms with E-state index in [-0.39, 0.29) is 0 Å². The second kappa shape index (κ2) is 4.67. The van der Waals surface area contributed by atoms with E-state index >= 15 is 0 Å². The molecule has 3 nitrogen and oxygen atoms in total. The number of anilines is 1. The molecule has 90 valence electrons. The lowest BCUT2D eigenvalue weighted by Crippen LogP contribution is -2.33. The Morgan fingerprint density at radius 1 is 1.47 bits per heavy atom. The lowest BCUT2D eigenvalue weighted by molar-refractivity contribution is 0.414. The summed E-state index contributed by atoms with van der Waals surface area (Å²) >= 11 is 0. The van der Waals surface area contributed by atoms with Crippen LogP contribution in [0.3, 0.4) is 0 Å². The predicted molar refractivity (Wildman–Crippen MR) is 68.0 cm³/mol. The molecule has 17 heavy (non-hydrogen) atoms. The summed E-state index contributed by atoms with van der Waals surface area (Å²) in [6.07, 6.45) is 3.41. The van der Waals surface area contributed by atoms with Crippen molar-refractivity contribution >= 4 is 5.69 Å². The van der Waals surface area contributed by atoms with Crippen LogP contribution in [-0.2, 0) is 0 Å². The second-order valence-corrected chi connectivity index (χ2v) is 4.92. The number of benzene rings is 1. The topological polar surface area (TPSA) is 45.0 Å². The highest BCUT2D eigenvalue weighted by molar-refractivity contribution is 5.58. The lowest BCUT2D eigenvalue weighted by atomic mass is 9.96. The molecule has 1 unspecified atom stereocenters. The van der Waals surface area contributed by atoms with Crippen LogP contribution >= 0.6 is 0 Å². The Morgan fingerprint density at radius 2 is 2.18 bits per heavy atom. The average Bonchev–Trinajstić information content (AvgIpc) is 3.13. The van der Waals surface area contributed by atoms with Crippen LogP contribution in [0.2, 0.25) is 0 Å². The summed E-state index contributed by atoms with van der Waals surface area (Å²) < 4.78 is 5.28. The largest absolute Gasteiger partial charge is 0.495 e.